The first-order valence-electron chi connectivity index (χ1n) is 13.1. The van der Waals surface area contributed by atoms with E-state index in [2.05, 4.69) is 15.6 Å². The largest absolute Gasteiger partial charge is 0.496 e. The van der Waals surface area contributed by atoms with Gasteiger partial charge in [0, 0.05) is 29.1 Å². The molecule has 42 heavy (non-hydrogen) atoms. The summed E-state index contributed by atoms with van der Waals surface area (Å²) in [5, 5.41) is 6.07. The van der Waals surface area contributed by atoms with Crippen molar-refractivity contribution in [2.24, 2.45) is 0 Å². The molecule has 0 radical (unpaired) electrons. The quantitative estimate of drug-likeness (QED) is 0.176. The zero-order valence-electron chi connectivity index (χ0n) is 23.3. The van der Waals surface area contributed by atoms with Crippen molar-refractivity contribution >= 4 is 34.4 Å². The Bertz CT molecular complexity index is 1720. The van der Waals surface area contributed by atoms with Crippen molar-refractivity contribution in [2.45, 2.75) is 32.4 Å². The minimum absolute atomic E-state index is 0.178. The third-order valence-corrected chi connectivity index (χ3v) is 6.45. The number of rotatable bonds is 9. The minimum Gasteiger partial charge on any atom is -0.496 e. The smallest absolute Gasteiger partial charge is 0.338 e. The lowest BCUT2D eigenvalue weighted by Gasteiger charge is -2.24. The number of furan rings is 1. The molecule has 2 amide bonds. The van der Waals surface area contributed by atoms with Crippen LogP contribution in [0.3, 0.4) is 0 Å². The van der Waals surface area contributed by atoms with Crippen molar-refractivity contribution in [1.29, 1.82) is 0 Å². The van der Waals surface area contributed by atoms with Crippen molar-refractivity contribution in [1.82, 2.24) is 10.3 Å². The summed E-state index contributed by atoms with van der Waals surface area (Å²) in [6, 6.07) is 21.2. The number of carbonyl (C=O) groups is 3. The lowest BCUT2D eigenvalue weighted by Crippen LogP contribution is -2.49. The first-order chi connectivity index (χ1) is 20.2. The highest BCUT2D eigenvalue weighted by molar-refractivity contribution is 6.39. The number of benzene rings is 3. The van der Waals surface area contributed by atoms with Gasteiger partial charge in [-0.05, 0) is 55.8 Å². The van der Waals surface area contributed by atoms with Gasteiger partial charge in [-0.2, -0.15) is 0 Å². The maximum Gasteiger partial charge on any atom is 0.338 e. The van der Waals surface area contributed by atoms with Gasteiger partial charge in [-0.3, -0.25) is 9.59 Å². The monoisotopic (exact) mass is 567 g/mol. The predicted octanol–water partition coefficient (Wildman–Crippen LogP) is 5.53. The summed E-state index contributed by atoms with van der Waals surface area (Å²) in [6.45, 7) is 3.75. The Morgan fingerprint density at radius 1 is 0.952 bits per heavy atom. The number of esters is 1. The van der Waals surface area contributed by atoms with Crippen molar-refractivity contribution in [2.75, 3.05) is 12.4 Å². The molecule has 0 atom stereocenters. The number of aromatic nitrogens is 1. The summed E-state index contributed by atoms with van der Waals surface area (Å²) < 4.78 is 22.1. The van der Waals surface area contributed by atoms with Crippen molar-refractivity contribution in [3.63, 3.8) is 0 Å². The fourth-order valence-corrected chi connectivity index (χ4v) is 4.47. The van der Waals surface area contributed by atoms with Gasteiger partial charge < -0.3 is 28.9 Å². The van der Waals surface area contributed by atoms with Gasteiger partial charge >= 0.3 is 17.8 Å². The zero-order valence-corrected chi connectivity index (χ0v) is 23.3. The number of anilines is 1. The van der Waals surface area contributed by atoms with Gasteiger partial charge in [0.05, 0.1) is 24.4 Å². The van der Waals surface area contributed by atoms with Crippen LogP contribution in [0.15, 0.2) is 94.2 Å². The van der Waals surface area contributed by atoms with Crippen LogP contribution in [-0.4, -0.2) is 35.4 Å². The van der Waals surface area contributed by atoms with Crippen molar-refractivity contribution < 1.29 is 32.7 Å². The molecular formula is C32H29N3O7. The molecule has 2 heterocycles. The van der Waals surface area contributed by atoms with Crippen molar-refractivity contribution in [3.05, 3.63) is 102 Å². The summed E-state index contributed by atoms with van der Waals surface area (Å²) in [7, 11) is 1.49. The molecule has 214 valence electrons. The maximum atomic E-state index is 12.8. The fourth-order valence-electron chi connectivity index (χ4n) is 4.47. The van der Waals surface area contributed by atoms with Crippen LogP contribution in [0, 0.1) is 0 Å². The summed E-state index contributed by atoms with van der Waals surface area (Å²) in [4.78, 5) is 41.9. The lowest BCUT2D eigenvalue weighted by atomic mass is 9.98. The Hall–Kier alpha value is -5.38. The normalized spacial score (nSPS) is 11.2. The predicted molar refractivity (Wildman–Crippen MR) is 155 cm³/mol. The molecule has 2 N–H and O–H groups in total. The second-order valence-corrected chi connectivity index (χ2v) is 10.3. The molecule has 0 fully saturated rings. The van der Waals surface area contributed by atoms with Crippen LogP contribution >= 0.6 is 0 Å². The number of carbonyl (C=O) groups excluding carboxylic acids is 3. The van der Waals surface area contributed by atoms with Crippen LogP contribution in [0.5, 0.6) is 5.75 Å². The molecule has 0 saturated heterocycles. The van der Waals surface area contributed by atoms with Gasteiger partial charge in [0.2, 0.25) is 0 Å². The Balaban J connectivity index is 1.19. The molecule has 0 aliphatic heterocycles. The van der Waals surface area contributed by atoms with Gasteiger partial charge in [0.25, 0.3) is 0 Å². The first-order valence-corrected chi connectivity index (χ1v) is 13.1. The number of nitrogens with zero attached hydrogens (tertiary/aromatic N) is 1. The number of ether oxygens (including phenoxy) is 2. The van der Waals surface area contributed by atoms with E-state index in [1.54, 1.807) is 62.5 Å². The van der Waals surface area contributed by atoms with Crippen molar-refractivity contribution in [3.8, 4) is 17.1 Å². The molecule has 3 aromatic carbocycles. The van der Waals surface area contributed by atoms with Gasteiger partial charge in [-0.25, -0.2) is 9.78 Å². The molecule has 0 spiro atoms. The van der Waals surface area contributed by atoms with Gasteiger partial charge in [-0.1, -0.05) is 30.3 Å². The molecule has 0 saturated carbocycles. The average Bonchev–Trinajstić information content (AvgIpc) is 3.65. The topological polar surface area (TPSA) is 133 Å². The number of hydrogen-bond acceptors (Lipinski definition) is 8. The van der Waals surface area contributed by atoms with Crippen LogP contribution in [0.25, 0.3) is 22.3 Å². The third-order valence-electron chi connectivity index (χ3n) is 6.45. The number of methoxy groups -OCH3 is 1. The van der Waals surface area contributed by atoms with E-state index in [0.29, 0.717) is 46.1 Å². The van der Waals surface area contributed by atoms with Gasteiger partial charge in [0.1, 0.15) is 23.7 Å². The van der Waals surface area contributed by atoms with E-state index >= 15 is 0 Å². The van der Waals surface area contributed by atoms with E-state index in [1.165, 1.54) is 13.5 Å². The van der Waals surface area contributed by atoms with Crippen LogP contribution in [0.2, 0.25) is 0 Å². The second-order valence-electron chi connectivity index (χ2n) is 10.3. The Kier molecular flexibility index (Phi) is 8.05. The van der Waals surface area contributed by atoms with Crippen LogP contribution in [0.1, 0.15) is 35.5 Å². The molecule has 10 nitrogen and oxygen atoms in total. The summed E-state index contributed by atoms with van der Waals surface area (Å²) in [6.07, 6.45) is 3.16. The van der Waals surface area contributed by atoms with E-state index in [1.807, 2.05) is 30.3 Å². The number of amides is 2. The van der Waals surface area contributed by atoms with Gasteiger partial charge in [0.15, 0.2) is 12.2 Å². The molecule has 5 rings (SSSR count). The number of hydrogen-bond donors (Lipinski definition) is 2. The highest BCUT2D eigenvalue weighted by Crippen LogP contribution is 2.32. The van der Waals surface area contributed by atoms with Gasteiger partial charge in [-0.15, -0.1) is 0 Å². The molecule has 5 aromatic rings. The molecule has 2 aromatic heterocycles. The summed E-state index contributed by atoms with van der Waals surface area (Å²) >= 11 is 0. The molecular weight excluding hydrogens is 538 g/mol. The fraction of sp³-hybridized carbons (Fsp3) is 0.188. The zero-order chi connectivity index (χ0) is 29.7. The minimum atomic E-state index is -0.833. The number of fused-ring (bicyclic) bond motifs is 1. The molecule has 10 heteroatoms. The standard InChI is InChI=1S/C32H29N3O7/c1-32(2,35-30(37)29(36)34-23-10-11-25(27(15-23)39-3)28-17-33-19-41-28)16-24-14-22-13-21(9-12-26(22)42-24)31(38)40-18-20-7-5-4-6-8-20/h4-15,17,19H,16,18H2,1-3H3,(H,34,36)(H,35,37). The third kappa shape index (κ3) is 6.67. The Labute approximate surface area is 241 Å². The van der Waals surface area contributed by atoms with E-state index in [0.717, 1.165) is 10.9 Å². The van der Waals surface area contributed by atoms with E-state index in [-0.39, 0.29) is 6.61 Å². The summed E-state index contributed by atoms with van der Waals surface area (Å²) in [5.41, 5.74) is 2.10. The second kappa shape index (κ2) is 12.0. The SMILES string of the molecule is COc1cc(NC(=O)C(=O)NC(C)(C)Cc2cc3cc(C(=O)OCc4ccccc4)ccc3o2)ccc1-c1cnco1. The highest BCUT2D eigenvalue weighted by atomic mass is 16.5. The number of nitrogens with one attached hydrogen (secondary N) is 2. The summed E-state index contributed by atoms with van der Waals surface area (Å²) in [5.74, 6) is -0.541. The molecule has 0 aliphatic carbocycles. The maximum absolute atomic E-state index is 12.8. The highest BCUT2D eigenvalue weighted by Gasteiger charge is 2.27. The van der Waals surface area contributed by atoms with Crippen LogP contribution in [0.4, 0.5) is 5.69 Å². The first kappa shape index (κ1) is 28.2. The molecule has 0 aliphatic rings. The average molecular weight is 568 g/mol. The molecule has 0 bridgehead atoms. The van der Waals surface area contributed by atoms with Crippen LogP contribution in [-0.2, 0) is 27.4 Å². The van der Waals surface area contributed by atoms with E-state index in [9.17, 15) is 14.4 Å². The van der Waals surface area contributed by atoms with E-state index < -0.39 is 23.3 Å². The Morgan fingerprint density at radius 3 is 2.50 bits per heavy atom. The van der Waals surface area contributed by atoms with E-state index in [4.69, 9.17) is 18.3 Å². The van der Waals surface area contributed by atoms with Crippen LogP contribution < -0.4 is 15.4 Å². The molecule has 0 unspecified atom stereocenters. The Morgan fingerprint density at radius 2 is 1.76 bits per heavy atom. The number of oxazole rings is 1. The lowest BCUT2D eigenvalue weighted by molar-refractivity contribution is -0.137.